The van der Waals surface area contributed by atoms with Crippen LogP contribution >= 0.6 is 0 Å². The van der Waals surface area contributed by atoms with E-state index < -0.39 is 0 Å². The van der Waals surface area contributed by atoms with E-state index in [0.29, 0.717) is 32.0 Å². The Morgan fingerprint density at radius 3 is 3.14 bits per heavy atom. The molecule has 0 saturated heterocycles. The largest absolute Gasteiger partial charge is 0.472 e. The molecular formula is C15H18N4O3. The van der Waals surface area contributed by atoms with Gasteiger partial charge in [-0.25, -0.2) is 4.68 Å². The molecule has 22 heavy (non-hydrogen) atoms. The van der Waals surface area contributed by atoms with Crippen molar-refractivity contribution in [2.75, 3.05) is 6.54 Å². The second kappa shape index (κ2) is 5.57. The Kier molecular flexibility index (Phi) is 3.42. The Morgan fingerprint density at radius 2 is 2.36 bits per heavy atom. The van der Waals surface area contributed by atoms with Crippen molar-refractivity contribution in [2.24, 2.45) is 5.92 Å². The standard InChI is InChI=1S/C15H18N4O3/c20-14(5-10-1-2-10)16-6-12-7-19-13(9-22-12)15(17-18-19)11-3-4-21-8-11/h3-4,8,10,12H,1-2,5-7,9H2,(H,16,20). The van der Waals surface area contributed by atoms with Gasteiger partial charge in [0.2, 0.25) is 5.91 Å². The number of rotatable bonds is 5. The van der Waals surface area contributed by atoms with Gasteiger partial charge in [-0.1, -0.05) is 5.21 Å². The molecule has 3 heterocycles. The maximum absolute atomic E-state index is 11.7. The van der Waals surface area contributed by atoms with Crippen LogP contribution in [0.3, 0.4) is 0 Å². The van der Waals surface area contributed by atoms with Crippen molar-refractivity contribution in [2.45, 2.75) is 38.5 Å². The van der Waals surface area contributed by atoms with E-state index in [1.54, 1.807) is 12.5 Å². The van der Waals surface area contributed by atoms with Crippen LogP contribution in [-0.2, 0) is 22.7 Å². The van der Waals surface area contributed by atoms with Crippen molar-refractivity contribution < 1.29 is 13.9 Å². The topological polar surface area (TPSA) is 82.2 Å². The Hall–Kier alpha value is -2.15. The predicted molar refractivity (Wildman–Crippen MR) is 76.7 cm³/mol. The Bertz CT molecular complexity index is 660. The van der Waals surface area contributed by atoms with Crippen LogP contribution < -0.4 is 5.32 Å². The predicted octanol–water partition coefficient (Wildman–Crippen LogP) is 1.35. The summed E-state index contributed by atoms with van der Waals surface area (Å²) in [6, 6.07) is 1.86. The first-order chi connectivity index (χ1) is 10.8. The molecule has 2 aromatic rings. The second-order valence-electron chi connectivity index (χ2n) is 5.96. The number of carbonyl (C=O) groups is 1. The molecule has 7 nitrogen and oxygen atoms in total. The number of amides is 1. The molecule has 1 saturated carbocycles. The van der Waals surface area contributed by atoms with Gasteiger partial charge in [-0.3, -0.25) is 4.79 Å². The molecule has 1 fully saturated rings. The van der Waals surface area contributed by atoms with E-state index in [-0.39, 0.29) is 12.0 Å². The minimum absolute atomic E-state index is 0.0606. The summed E-state index contributed by atoms with van der Waals surface area (Å²) in [6.07, 6.45) is 6.22. The number of nitrogens with zero attached hydrogens (tertiary/aromatic N) is 3. The molecule has 1 unspecified atom stereocenters. The number of nitrogens with one attached hydrogen (secondary N) is 1. The molecular weight excluding hydrogens is 284 g/mol. The van der Waals surface area contributed by atoms with E-state index in [0.717, 1.165) is 17.0 Å². The van der Waals surface area contributed by atoms with Gasteiger partial charge < -0.3 is 14.5 Å². The average Bonchev–Trinajstić information content (AvgIpc) is 3.03. The van der Waals surface area contributed by atoms with Gasteiger partial charge in [0.1, 0.15) is 5.69 Å². The van der Waals surface area contributed by atoms with Gasteiger partial charge in [0.25, 0.3) is 0 Å². The number of carbonyl (C=O) groups excluding carboxylic acids is 1. The van der Waals surface area contributed by atoms with Crippen LogP contribution in [0, 0.1) is 5.92 Å². The maximum Gasteiger partial charge on any atom is 0.220 e. The third kappa shape index (κ3) is 2.76. The average molecular weight is 302 g/mol. The molecule has 1 aliphatic heterocycles. The zero-order valence-corrected chi connectivity index (χ0v) is 12.2. The van der Waals surface area contributed by atoms with Crippen LogP contribution in [0.15, 0.2) is 23.0 Å². The van der Waals surface area contributed by atoms with Gasteiger partial charge in [0.15, 0.2) is 0 Å². The van der Waals surface area contributed by atoms with Gasteiger partial charge in [-0.15, -0.1) is 5.10 Å². The number of aromatic nitrogens is 3. The van der Waals surface area contributed by atoms with Crippen molar-refractivity contribution in [3.63, 3.8) is 0 Å². The Balaban J connectivity index is 1.36. The molecule has 1 N–H and O–H groups in total. The van der Waals surface area contributed by atoms with Crippen LogP contribution in [0.1, 0.15) is 25.0 Å². The summed E-state index contributed by atoms with van der Waals surface area (Å²) in [5, 5.41) is 11.3. The Labute approximate surface area is 127 Å². The van der Waals surface area contributed by atoms with Crippen LogP contribution in [0.5, 0.6) is 0 Å². The fraction of sp³-hybridized carbons (Fsp3) is 0.533. The summed E-state index contributed by atoms with van der Waals surface area (Å²) in [5.41, 5.74) is 2.65. The molecule has 2 aromatic heterocycles. The number of hydrogen-bond acceptors (Lipinski definition) is 5. The van der Waals surface area contributed by atoms with Crippen molar-refractivity contribution in [1.29, 1.82) is 0 Å². The van der Waals surface area contributed by atoms with E-state index >= 15 is 0 Å². The first-order valence-electron chi connectivity index (χ1n) is 7.63. The zero-order chi connectivity index (χ0) is 14.9. The van der Waals surface area contributed by atoms with E-state index in [1.165, 1.54) is 12.8 Å². The summed E-state index contributed by atoms with van der Waals surface area (Å²) < 4.78 is 12.8. The molecule has 1 atom stereocenters. The zero-order valence-electron chi connectivity index (χ0n) is 12.2. The van der Waals surface area contributed by atoms with E-state index in [4.69, 9.17) is 9.15 Å². The normalized spacial score (nSPS) is 20.6. The molecule has 0 aromatic carbocycles. The van der Waals surface area contributed by atoms with E-state index in [1.807, 2.05) is 10.7 Å². The highest BCUT2D eigenvalue weighted by Crippen LogP contribution is 2.32. The van der Waals surface area contributed by atoms with Crippen molar-refractivity contribution in [3.8, 4) is 11.3 Å². The quantitative estimate of drug-likeness (QED) is 0.901. The number of fused-ring (bicyclic) bond motifs is 1. The molecule has 0 bridgehead atoms. The van der Waals surface area contributed by atoms with Crippen LogP contribution in [0.4, 0.5) is 0 Å². The van der Waals surface area contributed by atoms with Crippen LogP contribution in [0.2, 0.25) is 0 Å². The highest BCUT2D eigenvalue weighted by molar-refractivity contribution is 5.76. The van der Waals surface area contributed by atoms with E-state index in [9.17, 15) is 4.79 Å². The fourth-order valence-electron chi connectivity index (χ4n) is 2.70. The molecule has 4 rings (SSSR count). The lowest BCUT2D eigenvalue weighted by molar-refractivity contribution is -0.122. The lowest BCUT2D eigenvalue weighted by Gasteiger charge is -2.24. The third-order valence-corrected chi connectivity index (χ3v) is 4.16. The van der Waals surface area contributed by atoms with Gasteiger partial charge >= 0.3 is 0 Å². The molecule has 0 radical (unpaired) electrons. The second-order valence-corrected chi connectivity index (χ2v) is 5.96. The Morgan fingerprint density at radius 1 is 1.45 bits per heavy atom. The van der Waals surface area contributed by atoms with Gasteiger partial charge in [-0.2, -0.15) is 0 Å². The van der Waals surface area contributed by atoms with Gasteiger partial charge in [0.05, 0.1) is 37.5 Å². The minimum atomic E-state index is -0.0606. The minimum Gasteiger partial charge on any atom is -0.472 e. The number of ether oxygens (including phenoxy) is 1. The molecule has 0 spiro atoms. The highest BCUT2D eigenvalue weighted by Gasteiger charge is 2.27. The van der Waals surface area contributed by atoms with Crippen molar-refractivity contribution >= 4 is 5.91 Å². The smallest absolute Gasteiger partial charge is 0.220 e. The summed E-state index contributed by atoms with van der Waals surface area (Å²) >= 11 is 0. The molecule has 7 heteroatoms. The highest BCUT2D eigenvalue weighted by atomic mass is 16.5. The first-order valence-corrected chi connectivity index (χ1v) is 7.63. The van der Waals surface area contributed by atoms with Crippen molar-refractivity contribution in [1.82, 2.24) is 20.3 Å². The monoisotopic (exact) mass is 302 g/mol. The summed E-state index contributed by atoms with van der Waals surface area (Å²) in [5.74, 6) is 0.723. The molecule has 1 amide bonds. The molecule has 1 aliphatic carbocycles. The van der Waals surface area contributed by atoms with Gasteiger partial charge in [0, 0.05) is 18.5 Å². The number of hydrogen-bond donors (Lipinski definition) is 1. The molecule has 2 aliphatic rings. The first kappa shape index (κ1) is 13.5. The summed E-state index contributed by atoms with van der Waals surface area (Å²) in [6.45, 7) is 1.56. The van der Waals surface area contributed by atoms with Crippen LogP contribution in [0.25, 0.3) is 11.3 Å². The third-order valence-electron chi connectivity index (χ3n) is 4.16. The summed E-state index contributed by atoms with van der Waals surface area (Å²) in [7, 11) is 0. The SMILES string of the molecule is O=C(CC1CC1)NCC1Cn2nnc(-c3ccoc3)c2CO1. The van der Waals surface area contributed by atoms with Crippen molar-refractivity contribution in [3.05, 3.63) is 24.3 Å². The molecule has 116 valence electrons. The fourth-order valence-corrected chi connectivity index (χ4v) is 2.70. The number of furan rings is 1. The maximum atomic E-state index is 11.7. The lowest BCUT2D eigenvalue weighted by Crippen LogP contribution is -2.39. The van der Waals surface area contributed by atoms with Crippen LogP contribution in [-0.4, -0.2) is 33.5 Å². The summed E-state index contributed by atoms with van der Waals surface area (Å²) in [4.78, 5) is 11.7. The van der Waals surface area contributed by atoms with Gasteiger partial charge in [-0.05, 0) is 24.8 Å². The van der Waals surface area contributed by atoms with E-state index in [2.05, 4.69) is 15.6 Å². The lowest BCUT2D eigenvalue weighted by atomic mass is 10.2.